The number of carbonyl (C=O) groups is 1. The van der Waals surface area contributed by atoms with E-state index in [-0.39, 0.29) is 18.0 Å². The number of benzene rings is 2. The number of aryl methyl sites for hydroxylation is 2. The number of H-pyrrole nitrogens is 1. The van der Waals surface area contributed by atoms with Crippen LogP contribution in [0.25, 0.3) is 17.2 Å². The van der Waals surface area contributed by atoms with Crippen molar-refractivity contribution in [2.45, 2.75) is 72.4 Å². The maximum absolute atomic E-state index is 13.8. The van der Waals surface area contributed by atoms with Gasteiger partial charge in [0, 0.05) is 40.7 Å². The number of allylic oxidation sites excluding steroid dienone is 1. The Bertz CT molecular complexity index is 1450. The van der Waals surface area contributed by atoms with Crippen molar-refractivity contribution in [2.75, 3.05) is 25.5 Å². The first-order valence-corrected chi connectivity index (χ1v) is 14.7. The molecule has 7 nitrogen and oxygen atoms in total. The van der Waals surface area contributed by atoms with Crippen LogP contribution in [0.5, 0.6) is 5.75 Å². The molecule has 0 spiro atoms. The lowest BCUT2D eigenvalue weighted by atomic mass is 9.94. The van der Waals surface area contributed by atoms with E-state index >= 15 is 0 Å². The van der Waals surface area contributed by atoms with Crippen LogP contribution < -0.4 is 26.2 Å². The first-order chi connectivity index (χ1) is 19.7. The minimum Gasteiger partial charge on any atom is -0.494 e. The van der Waals surface area contributed by atoms with E-state index in [0.29, 0.717) is 23.8 Å². The number of aromatic amines is 1. The van der Waals surface area contributed by atoms with Gasteiger partial charge >= 0.3 is 0 Å². The largest absolute Gasteiger partial charge is 0.494 e. The molecule has 0 saturated heterocycles. The van der Waals surface area contributed by atoms with E-state index in [1.54, 1.807) is 0 Å². The van der Waals surface area contributed by atoms with Crippen LogP contribution in [-0.2, 0) is 6.54 Å². The fourth-order valence-electron chi connectivity index (χ4n) is 5.43. The molecule has 1 heterocycles. The molecule has 1 aromatic heterocycles. The van der Waals surface area contributed by atoms with Gasteiger partial charge in [0.05, 0.1) is 6.61 Å². The molecule has 0 bridgehead atoms. The molecule has 0 aliphatic heterocycles. The van der Waals surface area contributed by atoms with E-state index in [2.05, 4.69) is 33.1 Å². The molecule has 0 radical (unpaired) electrons. The second-order valence-electron chi connectivity index (χ2n) is 11.3. The fraction of sp³-hybridized carbons (Fsp3) is 0.412. The van der Waals surface area contributed by atoms with Crippen LogP contribution in [0.3, 0.4) is 0 Å². The minimum atomic E-state index is -0.215. The Hall–Kier alpha value is -3.84. The second kappa shape index (κ2) is 14.2. The quantitative estimate of drug-likeness (QED) is 0.195. The molecule has 0 unspecified atom stereocenters. The average Bonchev–Trinajstić information content (AvgIpc) is 3.44. The van der Waals surface area contributed by atoms with Crippen molar-refractivity contribution in [2.24, 2.45) is 0 Å². The normalized spacial score (nSPS) is 13.2. The SMILES string of the molecule is CNCCCOc1cccc(-c2cc(NC3CCCC3)c(C=C(C)C)c(C(=O)NCc3c(C)cc(C)[nH]c3=O)c2)c1. The lowest BCUT2D eigenvalue weighted by Crippen LogP contribution is -2.28. The van der Waals surface area contributed by atoms with E-state index in [0.717, 1.165) is 70.8 Å². The topological polar surface area (TPSA) is 95.2 Å². The summed E-state index contributed by atoms with van der Waals surface area (Å²) in [6, 6.07) is 14.4. The monoisotopic (exact) mass is 556 g/mol. The highest BCUT2D eigenvalue weighted by Gasteiger charge is 2.21. The van der Waals surface area contributed by atoms with Crippen molar-refractivity contribution in [3.63, 3.8) is 0 Å². The molecule has 2 aromatic carbocycles. The van der Waals surface area contributed by atoms with Crippen LogP contribution in [0.2, 0.25) is 0 Å². The zero-order chi connectivity index (χ0) is 29.4. The number of amides is 1. The van der Waals surface area contributed by atoms with Gasteiger partial charge in [0.25, 0.3) is 11.5 Å². The number of aromatic nitrogens is 1. The maximum Gasteiger partial charge on any atom is 0.253 e. The second-order valence-corrected chi connectivity index (χ2v) is 11.3. The average molecular weight is 557 g/mol. The molecular formula is C34H44N4O3. The number of hydrogen-bond donors (Lipinski definition) is 4. The lowest BCUT2D eigenvalue weighted by molar-refractivity contribution is 0.0950. The predicted molar refractivity (Wildman–Crippen MR) is 169 cm³/mol. The van der Waals surface area contributed by atoms with Crippen LogP contribution in [0.1, 0.15) is 78.7 Å². The van der Waals surface area contributed by atoms with Crippen LogP contribution in [0, 0.1) is 13.8 Å². The van der Waals surface area contributed by atoms with Crippen LogP contribution in [-0.4, -0.2) is 37.1 Å². The number of carbonyl (C=O) groups excluding carboxylic acids is 1. The molecule has 1 amide bonds. The van der Waals surface area contributed by atoms with Gasteiger partial charge < -0.3 is 25.7 Å². The first-order valence-electron chi connectivity index (χ1n) is 14.7. The van der Waals surface area contributed by atoms with Crippen molar-refractivity contribution in [3.05, 3.63) is 86.3 Å². The molecule has 1 fully saturated rings. The molecule has 1 aliphatic rings. The Kier molecular flexibility index (Phi) is 10.4. The van der Waals surface area contributed by atoms with Crippen molar-refractivity contribution in [3.8, 4) is 16.9 Å². The summed E-state index contributed by atoms with van der Waals surface area (Å²) in [5.41, 5.74) is 7.47. The molecule has 41 heavy (non-hydrogen) atoms. The van der Waals surface area contributed by atoms with Crippen LogP contribution >= 0.6 is 0 Å². The molecule has 7 heteroatoms. The highest BCUT2D eigenvalue weighted by molar-refractivity contribution is 6.02. The summed E-state index contributed by atoms with van der Waals surface area (Å²) < 4.78 is 6.00. The predicted octanol–water partition coefficient (Wildman–Crippen LogP) is 6.35. The van der Waals surface area contributed by atoms with Crippen molar-refractivity contribution in [1.29, 1.82) is 0 Å². The highest BCUT2D eigenvalue weighted by atomic mass is 16.5. The Morgan fingerprint density at radius 1 is 1.07 bits per heavy atom. The molecule has 218 valence electrons. The van der Waals surface area contributed by atoms with Crippen molar-refractivity contribution >= 4 is 17.7 Å². The van der Waals surface area contributed by atoms with Gasteiger partial charge in [-0.2, -0.15) is 0 Å². The summed E-state index contributed by atoms with van der Waals surface area (Å²) in [6.45, 7) is 9.52. The first kappa shape index (κ1) is 30.1. The third-order valence-electron chi connectivity index (χ3n) is 7.50. The van der Waals surface area contributed by atoms with E-state index in [1.165, 1.54) is 12.8 Å². The van der Waals surface area contributed by atoms with E-state index in [9.17, 15) is 9.59 Å². The summed E-state index contributed by atoms with van der Waals surface area (Å²) in [4.78, 5) is 29.3. The standard InChI is InChI=1S/C34H44N4O3/c1-22(2)16-29-30(33(39)36-21-31-23(3)17-24(4)37-34(31)40)19-26(20-32(29)38-27-11-6-7-12-27)25-10-8-13-28(18-25)41-15-9-14-35-5/h8,10,13,16-20,27,35,38H,6-7,9,11-12,14-15,21H2,1-5H3,(H,36,39)(H,37,40). The van der Waals surface area contributed by atoms with E-state index < -0.39 is 0 Å². The van der Waals surface area contributed by atoms with Crippen LogP contribution in [0.4, 0.5) is 5.69 Å². The number of nitrogens with one attached hydrogen (secondary N) is 4. The molecular weight excluding hydrogens is 512 g/mol. The molecule has 1 saturated carbocycles. The summed E-state index contributed by atoms with van der Waals surface area (Å²) in [7, 11) is 1.93. The smallest absolute Gasteiger partial charge is 0.253 e. The van der Waals surface area contributed by atoms with E-state index in [4.69, 9.17) is 4.74 Å². The molecule has 3 aromatic rings. The zero-order valence-electron chi connectivity index (χ0n) is 25.1. The Morgan fingerprint density at radius 2 is 1.85 bits per heavy atom. The molecule has 1 aliphatic carbocycles. The van der Waals surface area contributed by atoms with Crippen molar-refractivity contribution in [1.82, 2.24) is 15.6 Å². The van der Waals surface area contributed by atoms with E-state index in [1.807, 2.05) is 71.1 Å². The third kappa shape index (κ3) is 8.10. The number of anilines is 1. The summed E-state index contributed by atoms with van der Waals surface area (Å²) in [5.74, 6) is 0.588. The zero-order valence-corrected chi connectivity index (χ0v) is 25.1. The summed E-state index contributed by atoms with van der Waals surface area (Å²) in [6.07, 6.45) is 7.64. The van der Waals surface area contributed by atoms with Gasteiger partial charge in [-0.25, -0.2) is 0 Å². The van der Waals surface area contributed by atoms with Crippen LogP contribution in [0.15, 0.2) is 52.8 Å². The molecule has 4 N–H and O–H groups in total. The number of rotatable bonds is 12. The Balaban J connectivity index is 1.73. The van der Waals surface area contributed by atoms with Gasteiger partial charge in [0.1, 0.15) is 5.75 Å². The molecule has 0 atom stereocenters. The Labute approximate surface area is 243 Å². The highest BCUT2D eigenvalue weighted by Crippen LogP contribution is 2.34. The van der Waals surface area contributed by atoms with Crippen molar-refractivity contribution < 1.29 is 9.53 Å². The Morgan fingerprint density at radius 3 is 2.56 bits per heavy atom. The molecule has 4 rings (SSSR count). The van der Waals surface area contributed by atoms with Gasteiger partial charge in [-0.15, -0.1) is 0 Å². The van der Waals surface area contributed by atoms with Gasteiger partial charge in [0.15, 0.2) is 0 Å². The fourth-order valence-corrected chi connectivity index (χ4v) is 5.43. The third-order valence-corrected chi connectivity index (χ3v) is 7.50. The summed E-state index contributed by atoms with van der Waals surface area (Å²) >= 11 is 0. The maximum atomic E-state index is 13.8. The van der Waals surface area contributed by atoms with Gasteiger partial charge in [-0.1, -0.05) is 36.6 Å². The summed E-state index contributed by atoms with van der Waals surface area (Å²) in [5, 5.41) is 9.94. The van der Waals surface area contributed by atoms with Gasteiger partial charge in [0.2, 0.25) is 0 Å². The minimum absolute atomic E-state index is 0.153. The lowest BCUT2D eigenvalue weighted by Gasteiger charge is -2.21. The van der Waals surface area contributed by atoms with Gasteiger partial charge in [-0.05, 0) is 108 Å². The number of ether oxygens (including phenoxy) is 1. The number of pyridine rings is 1. The van der Waals surface area contributed by atoms with Gasteiger partial charge in [-0.3, -0.25) is 9.59 Å². The number of hydrogen-bond acceptors (Lipinski definition) is 5.